The molecule has 15 rings (SSSR count). The molecule has 0 spiro atoms. The lowest BCUT2D eigenvalue weighted by molar-refractivity contribution is -0.274. The van der Waals surface area contributed by atoms with Gasteiger partial charge in [0.15, 0.2) is 0 Å². The van der Waals surface area contributed by atoms with Crippen LogP contribution in [0.5, 0.6) is 11.5 Å². The third-order valence-corrected chi connectivity index (χ3v) is 19.6. The van der Waals surface area contributed by atoms with E-state index in [-0.39, 0.29) is 47.9 Å². The normalized spacial score (nSPS) is 10.5. The predicted molar refractivity (Wildman–Crippen MR) is 558 cm³/mol. The van der Waals surface area contributed by atoms with Crippen LogP contribution in [0.3, 0.4) is 0 Å². The van der Waals surface area contributed by atoms with Crippen molar-refractivity contribution in [3.05, 3.63) is 388 Å². The summed E-state index contributed by atoms with van der Waals surface area (Å²) in [5, 5.41) is 39.6. The molecular weight excluding hydrogens is 1820 g/mol. The van der Waals surface area contributed by atoms with Gasteiger partial charge in [-0.3, -0.25) is 24.2 Å². The van der Waals surface area contributed by atoms with Crippen molar-refractivity contribution in [1.82, 2.24) is 65.0 Å². The maximum Gasteiger partial charge on any atom is 0.573 e. The van der Waals surface area contributed by atoms with Crippen molar-refractivity contribution in [2.45, 2.75) is 61.1 Å². The molecule has 0 fully saturated rings. The molecule has 0 atom stereocenters. The zero-order chi connectivity index (χ0) is 102. The molecule has 9 aromatic carbocycles. The third kappa shape index (κ3) is 36.0. The topological polar surface area (TPSA) is 414 Å². The van der Waals surface area contributed by atoms with Gasteiger partial charge in [-0.1, -0.05) is 123 Å². The monoisotopic (exact) mass is 1930 g/mol. The summed E-state index contributed by atoms with van der Waals surface area (Å²) in [6.07, 6.45) is 15.2. The number of halogens is 3. The van der Waals surface area contributed by atoms with Gasteiger partial charge in [0.25, 0.3) is 0 Å². The number of aromatic nitrogens is 11. The van der Waals surface area contributed by atoms with E-state index < -0.39 is 6.36 Å². The highest BCUT2D eigenvalue weighted by Gasteiger charge is 2.31. The first-order valence-corrected chi connectivity index (χ1v) is 44.4. The van der Waals surface area contributed by atoms with E-state index in [0.717, 1.165) is 114 Å². The van der Waals surface area contributed by atoms with E-state index in [1.165, 1.54) is 48.6 Å². The van der Waals surface area contributed by atoms with Gasteiger partial charge in [-0.25, -0.2) is 34.7 Å². The first-order valence-electron chi connectivity index (χ1n) is 44.4. The second-order valence-corrected chi connectivity index (χ2v) is 31.2. The fourth-order valence-corrected chi connectivity index (χ4v) is 12.4. The zero-order valence-electron chi connectivity index (χ0n) is 79.5. The van der Waals surface area contributed by atoms with Crippen molar-refractivity contribution >= 4 is 151 Å². The number of carbonyl (C=O) groups excluding carboxylic acids is 5. The van der Waals surface area contributed by atoms with E-state index >= 15 is 0 Å². The van der Waals surface area contributed by atoms with Crippen molar-refractivity contribution in [3.63, 3.8) is 0 Å². The molecule has 13 N–H and O–H groups in total. The molecule has 4 amide bonds. The van der Waals surface area contributed by atoms with Gasteiger partial charge in [0, 0.05) is 171 Å². The Kier molecular flexibility index (Phi) is 39.2. The number of hydrogen-bond acceptors (Lipinski definition) is 29. The maximum absolute atomic E-state index is 12.4. The minimum atomic E-state index is -4.78. The first kappa shape index (κ1) is 105. The summed E-state index contributed by atoms with van der Waals surface area (Å²) in [6, 6.07) is 73.6. The molecule has 0 saturated heterocycles. The molecule has 0 aliphatic rings. The summed E-state index contributed by atoms with van der Waals surface area (Å²) in [7, 11) is 4.02. The van der Waals surface area contributed by atoms with Gasteiger partial charge in [-0.2, -0.15) is 19.9 Å². The summed E-state index contributed by atoms with van der Waals surface area (Å²) >= 11 is 0. The second kappa shape index (κ2) is 53.6. The van der Waals surface area contributed by atoms with Crippen LogP contribution in [-0.4, -0.2) is 123 Å². The van der Waals surface area contributed by atoms with Gasteiger partial charge in [0.1, 0.15) is 48.0 Å². The highest BCUT2D eigenvalue weighted by atomic mass is 19.4. The Morgan fingerprint density at radius 2 is 0.776 bits per heavy atom. The van der Waals surface area contributed by atoms with E-state index in [1.807, 2.05) is 230 Å². The van der Waals surface area contributed by atoms with Gasteiger partial charge in [-0.15, -0.1) is 13.2 Å². The molecule has 0 aliphatic heterocycles. The highest BCUT2D eigenvalue weighted by molar-refractivity contribution is 6.01. The zero-order valence-corrected chi connectivity index (χ0v) is 79.5. The lowest BCUT2D eigenvalue weighted by Crippen LogP contribution is -2.19. The summed E-state index contributed by atoms with van der Waals surface area (Å²) < 4.78 is 52.1. The van der Waals surface area contributed by atoms with Gasteiger partial charge in [0.2, 0.25) is 53.4 Å². The van der Waals surface area contributed by atoms with Crippen molar-refractivity contribution in [2.75, 3.05) is 91.0 Å². The molecule has 33 nitrogen and oxygen atoms in total. The number of rotatable bonds is 36. The van der Waals surface area contributed by atoms with Crippen LogP contribution in [0.1, 0.15) is 45.9 Å². The Labute approximate surface area is 825 Å². The lowest BCUT2D eigenvalue weighted by atomic mass is 10.1. The maximum atomic E-state index is 12.4. The van der Waals surface area contributed by atoms with Crippen LogP contribution < -0.4 is 78.6 Å². The number of carbonyl (C=O) groups is 5. The number of pyridine rings is 1. The van der Waals surface area contributed by atoms with Crippen LogP contribution >= 0.6 is 0 Å². The Morgan fingerprint density at radius 3 is 1.22 bits per heavy atom. The Bertz CT molecular complexity index is 6870. The number of ether oxygens (including phenoxy) is 3. The van der Waals surface area contributed by atoms with Crippen LogP contribution in [0.2, 0.25) is 0 Å². The molecule has 0 radical (unpaired) electrons. The Hall–Kier alpha value is -18.9. The Morgan fingerprint density at radius 1 is 0.378 bits per heavy atom. The minimum Gasteiger partial charge on any atom is -0.492 e. The fraction of sp³-hybridized carbons (Fsp3) is 0.121. The van der Waals surface area contributed by atoms with Gasteiger partial charge in [0.05, 0.1) is 5.69 Å². The summed E-state index contributed by atoms with van der Waals surface area (Å²) in [4.78, 5) is 107. The van der Waals surface area contributed by atoms with Crippen molar-refractivity contribution < 1.29 is 51.4 Å². The minimum absolute atomic E-state index is 0.174. The van der Waals surface area contributed by atoms with Crippen LogP contribution in [-0.2, 0) is 41.9 Å². The molecular formula is C107H106F3N25O8. The summed E-state index contributed by atoms with van der Waals surface area (Å²) in [6.45, 7) is 27.3. The van der Waals surface area contributed by atoms with Crippen LogP contribution in [0.4, 0.5) is 134 Å². The van der Waals surface area contributed by atoms with E-state index in [9.17, 15) is 37.1 Å². The van der Waals surface area contributed by atoms with Gasteiger partial charge < -0.3 is 88.2 Å². The third-order valence-electron chi connectivity index (χ3n) is 19.6. The molecule has 0 saturated carbocycles. The average Bonchev–Trinajstić information content (AvgIpc) is 0.846. The average molecular weight is 1930 g/mol. The van der Waals surface area contributed by atoms with E-state index in [0.29, 0.717) is 77.0 Å². The van der Waals surface area contributed by atoms with Gasteiger partial charge in [-0.05, 0) is 236 Å². The van der Waals surface area contributed by atoms with Gasteiger partial charge >= 0.3 is 12.3 Å². The number of esters is 1. The predicted octanol–water partition coefficient (Wildman–Crippen LogP) is 22.3. The SMILES string of the molecule is C/C=C/C(=O)OCc1ccc(Nc2nc(Nc3ccccc3)ncc2C)cc1.C=CC(=O)NCc1ccc(Nc2nc(Nc3ccccc3)ncc2C)cc1.C=CC(=O)Nc1ccc(C)c(Nc2nccc(-c3cccnc3)n2)c1.C=CC(=O)Nc1cccc(Nc2nc(Nc3cccc(OC(F)(F)F)c3)ncc2C)c1.C=CC(=O)Nc1cccc(Nc2nc(Nc3cccc(OCCN(C)C)c3)ncc2C)c1. The number of anilines is 21. The lowest BCUT2D eigenvalue weighted by Gasteiger charge is -2.13. The number of benzene rings is 9. The standard InChI is InChI=1S/C24H28N6O2.C22H22N4O2.C21H18F3N5O2.C21H21N5O.C19H17N5O/c1-5-22(31)26-18-8-6-9-19(14-18)27-23-17(2)16-25-24(29-23)28-20-10-7-11-21(15-20)32-13-12-30(3)4;1-3-7-20(27)28-15-17-10-12-19(13-11-17)24-21-16(2)14-23-22(26-21)25-18-8-5-4-6-9-18;1-3-18(30)26-14-6-4-7-15(10-14)27-19-13(2)12-25-20(29-19)28-16-8-5-9-17(11-16)31-21(22,23)24;1-3-19(27)22-14-16-9-11-18(12-10-16)24-20-15(2)13-23-21(26-20)25-17-7-5-4-6-8-17;1-3-18(25)22-15-7-6-13(2)17(11-15)24-19-21-10-8-16(23-19)14-5-4-9-20-12-14/h5-11,14-16H,1,12-13H2,2-4H3,(H,26,31)(H2,25,27,28,29);3-14H,15H2,1-2H3,(H2,23,24,25,26);3-12H,1H2,2H3,(H,26,30)(H2,25,27,28,29);3-13H,1,14H2,2H3,(H,22,27)(H2,23,24,25,26);3-12H,1H2,2H3,(H,22,25)(H,21,23,24)/b;7-3+;;;. The second-order valence-electron chi connectivity index (χ2n) is 31.2. The first-order chi connectivity index (χ1) is 69.1. The number of aryl methyl sites for hydroxylation is 5. The largest absolute Gasteiger partial charge is 0.573 e. The fourth-order valence-electron chi connectivity index (χ4n) is 12.4. The van der Waals surface area contributed by atoms with Crippen molar-refractivity contribution in [1.29, 1.82) is 0 Å². The number of nitrogens with zero attached hydrogens (tertiary/aromatic N) is 12. The molecule has 0 unspecified atom stereocenters. The van der Waals surface area contributed by atoms with Crippen molar-refractivity contribution in [2.24, 2.45) is 0 Å². The summed E-state index contributed by atoms with van der Waals surface area (Å²) in [5.41, 5.74) is 17.1. The van der Waals surface area contributed by atoms with E-state index in [1.54, 1.807) is 99.7 Å². The molecule has 0 aliphatic carbocycles. The number of allylic oxidation sites excluding steroid dienone is 1. The number of hydrogen-bond donors (Lipinski definition) is 13. The molecule has 143 heavy (non-hydrogen) atoms. The number of nitrogens with one attached hydrogen (secondary N) is 13. The van der Waals surface area contributed by atoms with E-state index in [2.05, 4.69) is 160 Å². The quantitative estimate of drug-likeness (QED) is 0.0128. The number of likely N-dealkylation sites (N-methyl/N-ethyl adjacent to an activating group) is 1. The highest BCUT2D eigenvalue weighted by Crippen LogP contribution is 2.33. The molecule has 36 heteroatoms. The van der Waals surface area contributed by atoms with Crippen molar-refractivity contribution in [3.8, 4) is 22.8 Å². The number of alkyl halides is 3. The van der Waals surface area contributed by atoms with Crippen LogP contribution in [0.25, 0.3) is 11.3 Å². The molecule has 15 aromatic rings. The van der Waals surface area contributed by atoms with E-state index in [4.69, 9.17) is 9.47 Å². The smallest absolute Gasteiger partial charge is 0.492 e. The van der Waals surface area contributed by atoms with Crippen LogP contribution in [0.15, 0.2) is 349 Å². The molecule has 0 bridgehead atoms. The number of para-hydroxylation sites is 2. The molecule has 6 heterocycles. The molecule has 728 valence electrons. The number of amides is 4. The summed E-state index contributed by atoms with van der Waals surface area (Å²) in [5.74, 6) is 3.77. The van der Waals surface area contributed by atoms with Crippen LogP contribution in [0, 0.1) is 34.6 Å². The molecule has 6 aromatic heterocycles. The Balaban J connectivity index is 0.000000171.